The van der Waals surface area contributed by atoms with Gasteiger partial charge in [0, 0.05) is 5.41 Å². The number of carboxylic acids is 1. The van der Waals surface area contributed by atoms with Gasteiger partial charge in [0.15, 0.2) is 0 Å². The van der Waals surface area contributed by atoms with Crippen LogP contribution in [0.1, 0.15) is 106 Å². The Bertz CT molecular complexity index is 907. The van der Waals surface area contributed by atoms with Gasteiger partial charge in [-0.3, -0.25) is 4.79 Å². The Labute approximate surface area is 206 Å². The average Bonchev–Trinajstić information content (AvgIpc) is 2.76. The molecule has 9 atom stereocenters. The largest absolute Gasteiger partial charge is 0.481 e. The van der Waals surface area contributed by atoms with Crippen LogP contribution in [-0.2, 0) is 4.79 Å². The number of hydrogen-bond donors (Lipinski definition) is 3. The summed E-state index contributed by atoms with van der Waals surface area (Å²) in [6.07, 6.45) is 11.6. The lowest BCUT2D eigenvalue weighted by atomic mass is 9.33. The third kappa shape index (κ3) is 2.88. The fraction of sp³-hybridized carbons (Fsp3) is 0.900. The van der Waals surface area contributed by atoms with E-state index in [9.17, 15) is 20.1 Å². The van der Waals surface area contributed by atoms with Gasteiger partial charge in [-0.15, -0.1) is 0 Å². The number of aliphatic hydroxyl groups excluding tert-OH is 2. The van der Waals surface area contributed by atoms with Crippen LogP contribution in [0.5, 0.6) is 0 Å². The van der Waals surface area contributed by atoms with Crippen molar-refractivity contribution in [3.05, 3.63) is 11.6 Å². The third-order valence-electron chi connectivity index (χ3n) is 13.2. The number of hydrogen-bond acceptors (Lipinski definition) is 3. The summed E-state index contributed by atoms with van der Waals surface area (Å²) >= 11 is 0. The molecule has 3 N–H and O–H groups in total. The molecular formula is C30H48O4. The monoisotopic (exact) mass is 472 g/mol. The number of allylic oxidation sites excluding steroid dienone is 2. The zero-order chi connectivity index (χ0) is 24.9. The molecule has 5 aliphatic carbocycles. The Morgan fingerprint density at radius 2 is 1.62 bits per heavy atom. The van der Waals surface area contributed by atoms with Gasteiger partial charge in [0.1, 0.15) is 0 Å². The van der Waals surface area contributed by atoms with Crippen LogP contribution in [0.3, 0.4) is 0 Å². The first kappa shape index (κ1) is 24.8. The summed E-state index contributed by atoms with van der Waals surface area (Å²) in [7, 11) is 0. The molecule has 5 aliphatic rings. The van der Waals surface area contributed by atoms with E-state index in [1.54, 1.807) is 0 Å². The van der Waals surface area contributed by atoms with Crippen molar-refractivity contribution in [2.75, 3.05) is 6.61 Å². The van der Waals surface area contributed by atoms with Crippen molar-refractivity contribution in [3.63, 3.8) is 0 Å². The molecule has 34 heavy (non-hydrogen) atoms. The van der Waals surface area contributed by atoms with Crippen LogP contribution < -0.4 is 0 Å². The van der Waals surface area contributed by atoms with Gasteiger partial charge in [-0.1, -0.05) is 53.2 Å². The molecule has 0 unspecified atom stereocenters. The Morgan fingerprint density at radius 3 is 2.26 bits per heavy atom. The first-order chi connectivity index (χ1) is 15.7. The number of fused-ring (bicyclic) bond motifs is 7. The van der Waals surface area contributed by atoms with Gasteiger partial charge >= 0.3 is 5.97 Å². The second-order valence-electron chi connectivity index (χ2n) is 14.9. The summed E-state index contributed by atoms with van der Waals surface area (Å²) in [5, 5.41) is 31.8. The first-order valence-electron chi connectivity index (χ1n) is 13.9. The maximum absolute atomic E-state index is 12.8. The van der Waals surface area contributed by atoms with E-state index in [-0.39, 0.29) is 34.2 Å². The minimum atomic E-state index is -0.588. The highest BCUT2D eigenvalue weighted by Gasteiger charge is 2.69. The molecule has 4 saturated carbocycles. The molecule has 0 heterocycles. The summed E-state index contributed by atoms with van der Waals surface area (Å²) < 4.78 is 0. The van der Waals surface area contributed by atoms with Gasteiger partial charge < -0.3 is 15.3 Å². The van der Waals surface area contributed by atoms with Crippen LogP contribution in [0.2, 0.25) is 0 Å². The summed E-state index contributed by atoms with van der Waals surface area (Å²) in [6.45, 7) is 14.3. The first-order valence-corrected chi connectivity index (χ1v) is 13.9. The van der Waals surface area contributed by atoms with Gasteiger partial charge in [-0.25, -0.2) is 0 Å². The van der Waals surface area contributed by atoms with E-state index in [0.29, 0.717) is 11.8 Å². The molecule has 0 amide bonds. The maximum Gasteiger partial charge on any atom is 0.310 e. The Hall–Kier alpha value is -0.870. The quantitative estimate of drug-likeness (QED) is 0.418. The molecule has 0 aromatic heterocycles. The average molecular weight is 473 g/mol. The van der Waals surface area contributed by atoms with Crippen LogP contribution in [0, 0.1) is 50.2 Å². The lowest BCUT2D eigenvalue weighted by Gasteiger charge is -2.71. The normalized spacial score (nSPS) is 54.1. The Balaban J connectivity index is 1.60. The zero-order valence-electron chi connectivity index (χ0n) is 22.4. The van der Waals surface area contributed by atoms with E-state index in [2.05, 4.69) is 47.6 Å². The topological polar surface area (TPSA) is 77.8 Å². The molecule has 4 heteroatoms. The standard InChI is InChI=1S/C30H48O4/c1-25(2)13-15-30(24(33)34)16-14-28(5)19(20(30)17-25)7-8-22-26(3)11-10-23(32)27(4,18-31)21(26)9-12-29(22,28)6/h7,20-23,31-32H,8-18H2,1-6H3,(H,33,34)/t20-,21+,22+,23-,26+,27+,28+,29-,30+/m1/s1. The van der Waals surface area contributed by atoms with E-state index < -0.39 is 22.9 Å². The minimum absolute atomic E-state index is 0.0204. The summed E-state index contributed by atoms with van der Waals surface area (Å²) in [4.78, 5) is 12.8. The third-order valence-corrected chi connectivity index (χ3v) is 13.2. The predicted octanol–water partition coefficient (Wildman–Crippen LogP) is 6.21. The predicted molar refractivity (Wildman–Crippen MR) is 134 cm³/mol. The Morgan fingerprint density at radius 1 is 0.941 bits per heavy atom. The number of carboxylic acid groups (broad SMARTS) is 1. The van der Waals surface area contributed by atoms with E-state index in [1.165, 1.54) is 5.57 Å². The van der Waals surface area contributed by atoms with Gasteiger partial charge in [0.25, 0.3) is 0 Å². The molecule has 192 valence electrons. The van der Waals surface area contributed by atoms with Crippen molar-refractivity contribution >= 4 is 5.97 Å². The van der Waals surface area contributed by atoms with Crippen molar-refractivity contribution in [1.82, 2.24) is 0 Å². The van der Waals surface area contributed by atoms with E-state index in [0.717, 1.165) is 64.2 Å². The fourth-order valence-corrected chi connectivity index (χ4v) is 10.7. The van der Waals surface area contributed by atoms with Crippen LogP contribution in [0.15, 0.2) is 11.6 Å². The smallest absolute Gasteiger partial charge is 0.310 e. The summed E-state index contributed by atoms with van der Waals surface area (Å²) in [6, 6.07) is 0. The number of aliphatic hydroxyl groups is 2. The molecule has 0 aromatic rings. The van der Waals surface area contributed by atoms with Gasteiger partial charge in [-0.2, -0.15) is 0 Å². The van der Waals surface area contributed by atoms with Crippen LogP contribution in [0.4, 0.5) is 0 Å². The minimum Gasteiger partial charge on any atom is -0.481 e. The van der Waals surface area contributed by atoms with Crippen molar-refractivity contribution in [2.24, 2.45) is 50.2 Å². The molecule has 0 aromatic carbocycles. The number of aliphatic carboxylic acids is 1. The number of carbonyl (C=O) groups is 1. The second kappa shape index (κ2) is 7.34. The molecule has 0 aliphatic heterocycles. The van der Waals surface area contributed by atoms with Crippen molar-refractivity contribution < 1.29 is 20.1 Å². The summed E-state index contributed by atoms with van der Waals surface area (Å²) in [5.41, 5.74) is 0.858. The van der Waals surface area contributed by atoms with Crippen LogP contribution >= 0.6 is 0 Å². The molecule has 0 radical (unpaired) electrons. The lowest BCUT2D eigenvalue weighted by molar-refractivity contribution is -0.216. The maximum atomic E-state index is 12.8. The van der Waals surface area contributed by atoms with Crippen molar-refractivity contribution in [3.8, 4) is 0 Å². The highest BCUT2D eigenvalue weighted by atomic mass is 16.4. The van der Waals surface area contributed by atoms with Gasteiger partial charge in [0.2, 0.25) is 0 Å². The van der Waals surface area contributed by atoms with E-state index in [4.69, 9.17) is 0 Å². The molecule has 0 spiro atoms. The van der Waals surface area contributed by atoms with E-state index >= 15 is 0 Å². The van der Waals surface area contributed by atoms with Gasteiger partial charge in [-0.05, 0) is 104 Å². The highest BCUT2D eigenvalue weighted by Crippen LogP contribution is 2.75. The van der Waals surface area contributed by atoms with E-state index in [1.807, 2.05) is 0 Å². The SMILES string of the molecule is CC1(C)CC[C@]2(C(=O)O)CC[C@@]3(C)C(=CC[C@H]4[C@@]5(C)CC[C@@H](O)[C@@](C)(CO)[C@H]5CC[C@]43C)[C@H]2C1. The van der Waals surface area contributed by atoms with Crippen molar-refractivity contribution in [1.29, 1.82) is 0 Å². The second-order valence-corrected chi connectivity index (χ2v) is 14.9. The molecule has 5 rings (SSSR count). The molecule has 0 saturated heterocycles. The van der Waals surface area contributed by atoms with Crippen molar-refractivity contribution in [2.45, 2.75) is 112 Å². The molecule has 4 fully saturated rings. The zero-order valence-corrected chi connectivity index (χ0v) is 22.4. The summed E-state index contributed by atoms with van der Waals surface area (Å²) in [5.74, 6) is 0.395. The molecule has 0 bridgehead atoms. The fourth-order valence-electron chi connectivity index (χ4n) is 10.7. The molecule has 4 nitrogen and oxygen atoms in total. The van der Waals surface area contributed by atoms with Gasteiger partial charge in [0.05, 0.1) is 18.1 Å². The Kier molecular flexibility index (Phi) is 5.36. The lowest BCUT2D eigenvalue weighted by Crippen LogP contribution is -2.65. The van der Waals surface area contributed by atoms with Crippen LogP contribution in [-0.4, -0.2) is 34.0 Å². The number of rotatable bonds is 2. The van der Waals surface area contributed by atoms with Crippen LogP contribution in [0.25, 0.3) is 0 Å². The molecular weight excluding hydrogens is 424 g/mol. The highest BCUT2D eigenvalue weighted by molar-refractivity contribution is 5.76.